The molecule has 0 saturated heterocycles. The summed E-state index contributed by atoms with van der Waals surface area (Å²) in [4.78, 5) is 12.0. The van der Waals surface area contributed by atoms with Crippen LogP contribution in [0.15, 0.2) is 18.2 Å². The maximum Gasteiger partial charge on any atom is 0.315 e. The first-order valence-electron chi connectivity index (χ1n) is 7.14. The lowest BCUT2D eigenvalue weighted by atomic mass is 10.1. The zero-order valence-corrected chi connectivity index (χ0v) is 12.7. The maximum absolute atomic E-state index is 13.5. The normalized spacial score (nSPS) is 22.9. The van der Waals surface area contributed by atoms with Gasteiger partial charge in [0.05, 0.1) is 17.7 Å². The van der Waals surface area contributed by atoms with Crippen molar-refractivity contribution in [2.75, 3.05) is 6.61 Å². The van der Waals surface area contributed by atoms with E-state index in [2.05, 4.69) is 17.6 Å². The average Bonchev–Trinajstić information content (AvgIpc) is 2.85. The molecule has 3 N–H and O–H groups in total. The number of urea groups is 1. The summed E-state index contributed by atoms with van der Waals surface area (Å²) in [7, 11) is 0. The number of amides is 2. The van der Waals surface area contributed by atoms with Crippen LogP contribution in [0.3, 0.4) is 0 Å². The largest absolute Gasteiger partial charge is 0.394 e. The molecule has 0 heterocycles. The van der Waals surface area contributed by atoms with Gasteiger partial charge < -0.3 is 15.7 Å². The van der Waals surface area contributed by atoms with Gasteiger partial charge in [-0.15, -0.1) is 0 Å². The lowest BCUT2D eigenvalue weighted by molar-refractivity contribution is 0.212. The minimum Gasteiger partial charge on any atom is -0.394 e. The molecule has 4 nitrogen and oxygen atoms in total. The summed E-state index contributed by atoms with van der Waals surface area (Å²) in [5.74, 6) is -0.115. The highest BCUT2D eigenvalue weighted by atomic mass is 35.5. The second kappa shape index (κ2) is 7.09. The van der Waals surface area contributed by atoms with Crippen LogP contribution >= 0.6 is 11.6 Å². The summed E-state index contributed by atoms with van der Waals surface area (Å²) < 4.78 is 13.5. The van der Waals surface area contributed by atoms with E-state index in [1.54, 1.807) is 6.07 Å². The average molecular weight is 315 g/mol. The molecule has 1 fully saturated rings. The highest BCUT2D eigenvalue weighted by Gasteiger charge is 2.25. The van der Waals surface area contributed by atoms with Gasteiger partial charge >= 0.3 is 6.03 Å². The smallest absolute Gasteiger partial charge is 0.315 e. The summed E-state index contributed by atoms with van der Waals surface area (Å²) in [6.45, 7) is 1.80. The van der Waals surface area contributed by atoms with Crippen molar-refractivity contribution < 1.29 is 14.3 Å². The quantitative estimate of drug-likeness (QED) is 0.800. The number of hydrogen-bond donors (Lipinski definition) is 3. The van der Waals surface area contributed by atoms with Gasteiger partial charge in [0.1, 0.15) is 5.82 Å². The fourth-order valence-electron chi connectivity index (χ4n) is 2.69. The second-order valence-corrected chi connectivity index (χ2v) is 5.95. The lowest BCUT2D eigenvalue weighted by Gasteiger charge is -2.21. The number of benzene rings is 1. The number of halogens is 2. The van der Waals surface area contributed by atoms with Crippen LogP contribution in [0.25, 0.3) is 0 Å². The number of carbonyl (C=O) groups is 1. The summed E-state index contributed by atoms with van der Waals surface area (Å²) in [5, 5.41) is 15.0. The number of aliphatic hydroxyl groups is 1. The molecule has 0 bridgehead atoms. The third-order valence-electron chi connectivity index (χ3n) is 4.01. The molecule has 0 radical (unpaired) electrons. The summed E-state index contributed by atoms with van der Waals surface area (Å²) in [6, 6.07) is 3.38. The van der Waals surface area contributed by atoms with Crippen molar-refractivity contribution in [2.24, 2.45) is 5.92 Å². The molecule has 6 heteroatoms. The SMILES string of the molecule is CC1CCCC1NC(=O)NC(CO)c1ccc(Cl)c(F)c1. The van der Waals surface area contributed by atoms with Gasteiger partial charge in [-0.1, -0.05) is 31.0 Å². The third kappa shape index (κ3) is 4.08. The molecule has 2 rings (SSSR count). The van der Waals surface area contributed by atoms with Gasteiger partial charge in [-0.25, -0.2) is 9.18 Å². The van der Waals surface area contributed by atoms with Crippen molar-refractivity contribution in [3.8, 4) is 0 Å². The first kappa shape index (κ1) is 16.0. The lowest BCUT2D eigenvalue weighted by Crippen LogP contribution is -2.45. The molecule has 3 atom stereocenters. The summed E-state index contributed by atoms with van der Waals surface area (Å²) >= 11 is 5.63. The van der Waals surface area contributed by atoms with Crippen molar-refractivity contribution in [1.29, 1.82) is 0 Å². The van der Waals surface area contributed by atoms with Gasteiger partial charge in [-0.2, -0.15) is 0 Å². The molecular weight excluding hydrogens is 295 g/mol. The Hall–Kier alpha value is -1.33. The molecule has 1 aliphatic rings. The molecule has 1 aromatic rings. The molecule has 3 unspecified atom stereocenters. The Bertz CT molecular complexity index is 512. The van der Waals surface area contributed by atoms with Crippen LogP contribution in [-0.4, -0.2) is 23.8 Å². The Labute approximate surface area is 128 Å². The van der Waals surface area contributed by atoms with E-state index >= 15 is 0 Å². The Kier molecular flexibility index (Phi) is 5.42. The van der Waals surface area contributed by atoms with Crippen LogP contribution in [0.4, 0.5) is 9.18 Å². The maximum atomic E-state index is 13.5. The van der Waals surface area contributed by atoms with Gasteiger partial charge in [0.2, 0.25) is 0 Å². The third-order valence-corrected chi connectivity index (χ3v) is 4.32. The van der Waals surface area contributed by atoms with E-state index in [1.165, 1.54) is 12.1 Å². The van der Waals surface area contributed by atoms with Crippen molar-refractivity contribution in [1.82, 2.24) is 10.6 Å². The molecule has 0 aromatic heterocycles. The molecule has 0 spiro atoms. The van der Waals surface area contributed by atoms with Gasteiger partial charge in [0.25, 0.3) is 0 Å². The summed E-state index contributed by atoms with van der Waals surface area (Å²) in [6.07, 6.45) is 3.18. The Morgan fingerprint density at radius 2 is 2.29 bits per heavy atom. The predicted molar refractivity (Wildman–Crippen MR) is 79.7 cm³/mol. The predicted octanol–water partition coefficient (Wildman–Crippen LogP) is 3.00. The zero-order valence-electron chi connectivity index (χ0n) is 11.9. The van der Waals surface area contributed by atoms with Crippen LogP contribution in [0.2, 0.25) is 5.02 Å². The highest BCUT2D eigenvalue weighted by Crippen LogP contribution is 2.25. The Morgan fingerprint density at radius 1 is 1.52 bits per heavy atom. The van der Waals surface area contributed by atoms with Gasteiger partial charge in [0.15, 0.2) is 0 Å². The molecule has 0 aliphatic heterocycles. The number of aliphatic hydroxyl groups excluding tert-OH is 1. The molecule has 1 saturated carbocycles. The summed E-state index contributed by atoms with van der Waals surface area (Å²) in [5.41, 5.74) is 0.481. The van der Waals surface area contributed by atoms with Crippen LogP contribution in [0, 0.1) is 11.7 Å². The number of hydrogen-bond acceptors (Lipinski definition) is 2. The van der Waals surface area contributed by atoms with Crippen molar-refractivity contribution >= 4 is 17.6 Å². The fourth-order valence-corrected chi connectivity index (χ4v) is 2.81. The van der Waals surface area contributed by atoms with E-state index < -0.39 is 11.9 Å². The van der Waals surface area contributed by atoms with E-state index in [4.69, 9.17) is 11.6 Å². The topological polar surface area (TPSA) is 61.4 Å². The molecule has 21 heavy (non-hydrogen) atoms. The van der Waals surface area contributed by atoms with Crippen LogP contribution in [0.1, 0.15) is 37.8 Å². The van der Waals surface area contributed by atoms with E-state index in [0.717, 1.165) is 19.3 Å². The van der Waals surface area contributed by atoms with E-state index in [9.17, 15) is 14.3 Å². The van der Waals surface area contributed by atoms with Crippen LogP contribution in [-0.2, 0) is 0 Å². The number of nitrogens with one attached hydrogen (secondary N) is 2. The number of rotatable bonds is 4. The van der Waals surface area contributed by atoms with Gasteiger partial charge in [-0.3, -0.25) is 0 Å². The van der Waals surface area contributed by atoms with Crippen molar-refractivity contribution in [3.63, 3.8) is 0 Å². The van der Waals surface area contributed by atoms with Crippen molar-refractivity contribution in [2.45, 2.75) is 38.3 Å². The minimum atomic E-state index is -0.659. The van der Waals surface area contributed by atoms with E-state index in [-0.39, 0.29) is 23.7 Å². The van der Waals surface area contributed by atoms with Crippen molar-refractivity contribution in [3.05, 3.63) is 34.6 Å². The molecular formula is C15H20ClFN2O2. The molecule has 1 aromatic carbocycles. The van der Waals surface area contributed by atoms with Crippen LogP contribution < -0.4 is 10.6 Å². The van der Waals surface area contributed by atoms with E-state index in [1.807, 2.05) is 0 Å². The van der Waals surface area contributed by atoms with Gasteiger partial charge in [0, 0.05) is 6.04 Å². The first-order valence-corrected chi connectivity index (χ1v) is 7.52. The van der Waals surface area contributed by atoms with Crippen LogP contribution in [0.5, 0.6) is 0 Å². The molecule has 1 aliphatic carbocycles. The van der Waals surface area contributed by atoms with E-state index in [0.29, 0.717) is 11.5 Å². The molecule has 116 valence electrons. The Morgan fingerprint density at radius 3 is 2.86 bits per heavy atom. The Balaban J connectivity index is 1.97. The second-order valence-electron chi connectivity index (χ2n) is 5.54. The molecule has 2 amide bonds. The number of carbonyl (C=O) groups excluding carboxylic acids is 1. The first-order chi connectivity index (χ1) is 10.0. The monoisotopic (exact) mass is 314 g/mol. The fraction of sp³-hybridized carbons (Fsp3) is 0.533. The minimum absolute atomic E-state index is 0.0136. The van der Waals surface area contributed by atoms with Gasteiger partial charge in [-0.05, 0) is 36.5 Å². The highest BCUT2D eigenvalue weighted by molar-refractivity contribution is 6.30. The standard InChI is InChI=1S/C15H20ClFN2O2/c1-9-3-2-4-13(9)18-15(21)19-14(8-20)10-5-6-11(16)12(17)7-10/h5-7,9,13-14,20H,2-4,8H2,1H3,(H2,18,19,21). The zero-order chi connectivity index (χ0) is 15.4.